The maximum absolute atomic E-state index is 11.9. The molecule has 1 aromatic rings. The van der Waals surface area contributed by atoms with Crippen molar-refractivity contribution in [3.8, 4) is 0 Å². The van der Waals surface area contributed by atoms with Crippen LogP contribution in [-0.2, 0) is 4.74 Å². The van der Waals surface area contributed by atoms with Crippen LogP contribution in [0.4, 0.5) is 0 Å². The molecular formula is C10H14N2O2. The van der Waals surface area contributed by atoms with Gasteiger partial charge in [-0.1, -0.05) is 6.92 Å². The minimum absolute atomic E-state index is 0.129. The summed E-state index contributed by atoms with van der Waals surface area (Å²) < 4.78 is 5.19. The third kappa shape index (κ3) is 1.96. The molecule has 1 atom stereocenters. The maximum Gasteiger partial charge on any atom is 0.214 e. The van der Waals surface area contributed by atoms with Gasteiger partial charge in [0.2, 0.25) is 5.78 Å². The number of rotatable bonds is 4. The Balaban J connectivity index is 2.95. The SMILES string of the molecule is CCC(C)(OC)C(=O)c1cnccn1. The van der Waals surface area contributed by atoms with Crippen molar-refractivity contribution in [2.24, 2.45) is 0 Å². The Bertz CT molecular complexity index is 307. The van der Waals surface area contributed by atoms with Crippen molar-refractivity contribution >= 4 is 5.78 Å². The minimum atomic E-state index is -0.796. The van der Waals surface area contributed by atoms with Crippen LogP contribution >= 0.6 is 0 Å². The van der Waals surface area contributed by atoms with E-state index in [0.717, 1.165) is 0 Å². The summed E-state index contributed by atoms with van der Waals surface area (Å²) in [6.45, 7) is 3.65. The first-order chi connectivity index (χ1) is 6.64. The van der Waals surface area contributed by atoms with Crippen LogP contribution in [0.2, 0.25) is 0 Å². The van der Waals surface area contributed by atoms with Gasteiger partial charge in [-0.15, -0.1) is 0 Å². The molecule has 0 amide bonds. The Kier molecular flexibility index (Phi) is 3.30. The zero-order chi connectivity index (χ0) is 10.6. The molecule has 0 saturated carbocycles. The third-order valence-electron chi connectivity index (χ3n) is 2.40. The van der Waals surface area contributed by atoms with Crippen LogP contribution in [0.25, 0.3) is 0 Å². The van der Waals surface area contributed by atoms with Crippen molar-refractivity contribution in [2.75, 3.05) is 7.11 Å². The summed E-state index contributed by atoms with van der Waals surface area (Å²) in [7, 11) is 1.53. The lowest BCUT2D eigenvalue weighted by molar-refractivity contribution is 0.0101. The van der Waals surface area contributed by atoms with Crippen molar-refractivity contribution in [1.82, 2.24) is 9.97 Å². The van der Waals surface area contributed by atoms with Crippen molar-refractivity contribution in [2.45, 2.75) is 25.9 Å². The molecule has 0 spiro atoms. The predicted molar refractivity (Wildman–Crippen MR) is 52.1 cm³/mol. The summed E-state index contributed by atoms with van der Waals surface area (Å²) in [5.41, 5.74) is -0.450. The molecule has 4 nitrogen and oxygen atoms in total. The van der Waals surface area contributed by atoms with E-state index in [4.69, 9.17) is 4.74 Å². The molecule has 0 radical (unpaired) electrons. The Morgan fingerprint density at radius 2 is 2.29 bits per heavy atom. The molecule has 1 unspecified atom stereocenters. The highest BCUT2D eigenvalue weighted by Gasteiger charge is 2.32. The van der Waals surface area contributed by atoms with Gasteiger partial charge in [0.1, 0.15) is 11.3 Å². The average Bonchev–Trinajstić information content (AvgIpc) is 2.28. The molecule has 4 heteroatoms. The van der Waals surface area contributed by atoms with E-state index < -0.39 is 5.60 Å². The van der Waals surface area contributed by atoms with E-state index in [9.17, 15) is 4.79 Å². The molecule has 0 aliphatic heterocycles. The Morgan fingerprint density at radius 1 is 1.57 bits per heavy atom. The zero-order valence-corrected chi connectivity index (χ0v) is 8.65. The quantitative estimate of drug-likeness (QED) is 0.681. The number of nitrogens with zero attached hydrogens (tertiary/aromatic N) is 2. The summed E-state index contributed by atoms with van der Waals surface area (Å²) in [5.74, 6) is -0.129. The summed E-state index contributed by atoms with van der Waals surface area (Å²) in [4.78, 5) is 19.7. The van der Waals surface area contributed by atoms with Gasteiger partial charge in [0.05, 0.1) is 6.20 Å². The molecule has 0 aromatic carbocycles. The molecule has 1 heterocycles. The molecule has 0 saturated heterocycles. The number of ether oxygens (including phenoxy) is 1. The van der Waals surface area contributed by atoms with Crippen molar-refractivity contribution in [3.63, 3.8) is 0 Å². The van der Waals surface area contributed by atoms with Crippen LogP contribution in [0.5, 0.6) is 0 Å². The molecule has 76 valence electrons. The summed E-state index contributed by atoms with van der Waals surface area (Å²) in [5, 5.41) is 0. The van der Waals surface area contributed by atoms with Gasteiger partial charge >= 0.3 is 0 Å². The number of carbonyl (C=O) groups excluding carboxylic acids is 1. The van der Waals surface area contributed by atoms with Crippen molar-refractivity contribution < 1.29 is 9.53 Å². The number of carbonyl (C=O) groups is 1. The number of hydrogen-bond acceptors (Lipinski definition) is 4. The van der Waals surface area contributed by atoms with E-state index in [1.54, 1.807) is 6.92 Å². The first-order valence-corrected chi connectivity index (χ1v) is 4.50. The van der Waals surface area contributed by atoms with E-state index in [0.29, 0.717) is 12.1 Å². The highest BCUT2D eigenvalue weighted by atomic mass is 16.5. The monoisotopic (exact) mass is 194 g/mol. The highest BCUT2D eigenvalue weighted by molar-refractivity contribution is 6.00. The summed E-state index contributed by atoms with van der Waals surface area (Å²) in [6, 6.07) is 0. The second kappa shape index (κ2) is 4.28. The van der Waals surface area contributed by atoms with E-state index >= 15 is 0 Å². The minimum Gasteiger partial charge on any atom is -0.370 e. The van der Waals surface area contributed by atoms with Crippen LogP contribution in [0.1, 0.15) is 30.8 Å². The third-order valence-corrected chi connectivity index (χ3v) is 2.40. The smallest absolute Gasteiger partial charge is 0.214 e. The standard InChI is InChI=1S/C10H14N2O2/c1-4-10(2,14-3)9(13)8-7-11-5-6-12-8/h5-7H,4H2,1-3H3. The second-order valence-electron chi connectivity index (χ2n) is 3.21. The fourth-order valence-corrected chi connectivity index (χ4v) is 1.08. The van der Waals surface area contributed by atoms with Crippen molar-refractivity contribution in [1.29, 1.82) is 0 Å². The van der Waals surface area contributed by atoms with Crippen LogP contribution in [0, 0.1) is 0 Å². The lowest BCUT2D eigenvalue weighted by Gasteiger charge is -2.23. The topological polar surface area (TPSA) is 52.1 Å². The van der Waals surface area contributed by atoms with E-state index in [1.807, 2.05) is 6.92 Å². The van der Waals surface area contributed by atoms with Gasteiger partial charge < -0.3 is 4.74 Å². The summed E-state index contributed by atoms with van der Waals surface area (Å²) in [6.07, 6.45) is 5.10. The molecule has 14 heavy (non-hydrogen) atoms. The highest BCUT2D eigenvalue weighted by Crippen LogP contribution is 2.18. The van der Waals surface area contributed by atoms with Gasteiger partial charge in [-0.3, -0.25) is 9.78 Å². The molecule has 0 aliphatic rings. The van der Waals surface area contributed by atoms with Crippen molar-refractivity contribution in [3.05, 3.63) is 24.3 Å². The predicted octanol–water partition coefficient (Wildman–Crippen LogP) is 1.47. The molecule has 0 fully saturated rings. The largest absolute Gasteiger partial charge is 0.370 e. The first-order valence-electron chi connectivity index (χ1n) is 4.50. The maximum atomic E-state index is 11.9. The van der Waals surface area contributed by atoms with Gasteiger partial charge in [0.15, 0.2) is 0 Å². The Morgan fingerprint density at radius 3 is 2.71 bits per heavy atom. The van der Waals surface area contributed by atoms with Gasteiger partial charge in [-0.05, 0) is 13.3 Å². The number of Topliss-reactive ketones (excluding diaryl/α,β-unsaturated/α-hetero) is 1. The fourth-order valence-electron chi connectivity index (χ4n) is 1.08. The van der Waals surface area contributed by atoms with Gasteiger partial charge in [0.25, 0.3) is 0 Å². The second-order valence-corrected chi connectivity index (χ2v) is 3.21. The normalized spacial score (nSPS) is 14.8. The molecular weight excluding hydrogens is 180 g/mol. The van der Waals surface area contributed by atoms with Gasteiger partial charge in [-0.25, -0.2) is 4.98 Å². The van der Waals surface area contributed by atoms with E-state index in [-0.39, 0.29) is 5.78 Å². The lowest BCUT2D eigenvalue weighted by Crippen LogP contribution is -2.37. The molecule has 0 bridgehead atoms. The van der Waals surface area contributed by atoms with Crippen LogP contribution in [0.3, 0.4) is 0 Å². The number of ketones is 1. The van der Waals surface area contributed by atoms with Crippen LogP contribution in [-0.4, -0.2) is 28.5 Å². The van der Waals surface area contributed by atoms with E-state index in [2.05, 4.69) is 9.97 Å². The molecule has 0 aliphatic carbocycles. The first kappa shape index (κ1) is 10.8. The Hall–Kier alpha value is -1.29. The number of methoxy groups -OCH3 is 1. The molecule has 1 rings (SSSR count). The van der Waals surface area contributed by atoms with Gasteiger partial charge in [-0.2, -0.15) is 0 Å². The zero-order valence-electron chi connectivity index (χ0n) is 8.65. The van der Waals surface area contributed by atoms with Gasteiger partial charge in [0, 0.05) is 19.5 Å². The average molecular weight is 194 g/mol. The van der Waals surface area contributed by atoms with E-state index in [1.165, 1.54) is 25.7 Å². The fraction of sp³-hybridized carbons (Fsp3) is 0.500. The number of aromatic nitrogens is 2. The molecule has 1 aromatic heterocycles. The Labute approximate surface area is 83.3 Å². The molecule has 0 N–H and O–H groups in total. The number of hydrogen-bond donors (Lipinski definition) is 0. The summed E-state index contributed by atoms with van der Waals surface area (Å²) >= 11 is 0. The lowest BCUT2D eigenvalue weighted by atomic mass is 9.95. The van der Waals surface area contributed by atoms with Crippen LogP contribution in [0.15, 0.2) is 18.6 Å². The van der Waals surface area contributed by atoms with Crippen LogP contribution < -0.4 is 0 Å².